The molecule has 5 heteroatoms. The van der Waals surface area contributed by atoms with Crippen molar-refractivity contribution in [2.24, 2.45) is 0 Å². The number of aromatic nitrogens is 1. The van der Waals surface area contributed by atoms with Crippen LogP contribution in [0.4, 0.5) is 13.2 Å². The van der Waals surface area contributed by atoms with Gasteiger partial charge in [-0.2, -0.15) is 13.2 Å². The number of benzene rings is 1. The van der Waals surface area contributed by atoms with Crippen LogP contribution in [0.25, 0.3) is 11.3 Å². The van der Waals surface area contributed by atoms with Gasteiger partial charge < -0.3 is 0 Å². The summed E-state index contributed by atoms with van der Waals surface area (Å²) >= 11 is 5.69. The van der Waals surface area contributed by atoms with Gasteiger partial charge in [0.2, 0.25) is 0 Å². The Kier molecular flexibility index (Phi) is 3.07. The zero-order valence-electron chi connectivity index (χ0n) is 8.50. The van der Waals surface area contributed by atoms with Crippen molar-refractivity contribution >= 4 is 11.6 Å². The molecule has 0 spiro atoms. The van der Waals surface area contributed by atoms with Gasteiger partial charge >= 0.3 is 6.18 Å². The van der Waals surface area contributed by atoms with Crippen LogP contribution in [0.3, 0.4) is 0 Å². The third-order valence-electron chi connectivity index (χ3n) is 2.23. The summed E-state index contributed by atoms with van der Waals surface area (Å²) in [5, 5.41) is 0.471. The first-order valence-corrected chi connectivity index (χ1v) is 5.14. The second-order valence-electron chi connectivity index (χ2n) is 3.40. The predicted molar refractivity (Wildman–Crippen MR) is 59.7 cm³/mol. The van der Waals surface area contributed by atoms with Crippen molar-refractivity contribution in [3.8, 4) is 11.3 Å². The molecule has 0 bridgehead atoms. The van der Waals surface area contributed by atoms with Gasteiger partial charge in [-0.25, -0.2) is 0 Å². The Balaban J connectivity index is 2.56. The van der Waals surface area contributed by atoms with Crippen LogP contribution in [0.1, 0.15) is 5.56 Å². The number of nitrogens with zero attached hydrogens (tertiary/aromatic N) is 1. The summed E-state index contributed by atoms with van der Waals surface area (Å²) in [7, 11) is 0. The molecule has 0 saturated heterocycles. The SMILES string of the molecule is FC(F)(F)c1cccnc1-c1ccc(Cl)cc1. The number of hydrogen-bond donors (Lipinski definition) is 0. The number of hydrogen-bond acceptors (Lipinski definition) is 1. The fraction of sp³-hybridized carbons (Fsp3) is 0.0833. The Morgan fingerprint density at radius 1 is 1.00 bits per heavy atom. The molecule has 1 aromatic heterocycles. The third kappa shape index (κ3) is 2.58. The topological polar surface area (TPSA) is 12.9 Å². The smallest absolute Gasteiger partial charge is 0.256 e. The largest absolute Gasteiger partial charge is 0.418 e. The molecule has 0 fully saturated rings. The van der Waals surface area contributed by atoms with E-state index in [0.29, 0.717) is 10.6 Å². The number of halogens is 4. The van der Waals surface area contributed by atoms with Crippen LogP contribution in [0, 0.1) is 0 Å². The lowest BCUT2D eigenvalue weighted by atomic mass is 10.1. The highest BCUT2D eigenvalue weighted by molar-refractivity contribution is 6.30. The van der Waals surface area contributed by atoms with E-state index in [1.165, 1.54) is 36.5 Å². The van der Waals surface area contributed by atoms with Crippen molar-refractivity contribution in [3.63, 3.8) is 0 Å². The highest BCUT2D eigenvalue weighted by Gasteiger charge is 2.34. The molecule has 0 saturated carbocycles. The van der Waals surface area contributed by atoms with E-state index in [1.807, 2.05) is 0 Å². The van der Waals surface area contributed by atoms with E-state index in [1.54, 1.807) is 0 Å². The Morgan fingerprint density at radius 2 is 1.65 bits per heavy atom. The normalized spacial score (nSPS) is 11.5. The Bertz CT molecular complexity index is 520. The number of alkyl halides is 3. The zero-order valence-corrected chi connectivity index (χ0v) is 9.26. The maximum absolute atomic E-state index is 12.7. The van der Waals surface area contributed by atoms with Gasteiger partial charge in [0, 0.05) is 16.8 Å². The maximum Gasteiger partial charge on any atom is 0.418 e. The monoisotopic (exact) mass is 257 g/mol. The fourth-order valence-electron chi connectivity index (χ4n) is 1.47. The van der Waals surface area contributed by atoms with Crippen molar-refractivity contribution in [2.75, 3.05) is 0 Å². The molecular formula is C12H7ClF3N. The third-order valence-corrected chi connectivity index (χ3v) is 2.48. The molecule has 1 heterocycles. The lowest BCUT2D eigenvalue weighted by molar-refractivity contribution is -0.137. The number of pyridine rings is 1. The van der Waals surface area contributed by atoms with Crippen molar-refractivity contribution in [1.29, 1.82) is 0 Å². The molecule has 0 radical (unpaired) electrons. The lowest BCUT2D eigenvalue weighted by Crippen LogP contribution is -2.08. The van der Waals surface area contributed by atoms with Crippen molar-refractivity contribution in [1.82, 2.24) is 4.98 Å². The van der Waals surface area contributed by atoms with E-state index in [2.05, 4.69) is 4.98 Å². The van der Waals surface area contributed by atoms with Crippen molar-refractivity contribution < 1.29 is 13.2 Å². The first kappa shape index (κ1) is 11.9. The van der Waals surface area contributed by atoms with Crippen molar-refractivity contribution in [3.05, 3.63) is 53.2 Å². The molecule has 2 aromatic rings. The van der Waals surface area contributed by atoms with E-state index >= 15 is 0 Å². The van der Waals surface area contributed by atoms with Crippen LogP contribution in [0.15, 0.2) is 42.6 Å². The first-order chi connectivity index (χ1) is 7.98. The fourth-order valence-corrected chi connectivity index (χ4v) is 1.60. The molecule has 88 valence electrons. The predicted octanol–water partition coefficient (Wildman–Crippen LogP) is 4.42. The van der Waals surface area contributed by atoms with Crippen molar-refractivity contribution in [2.45, 2.75) is 6.18 Å². The van der Waals surface area contributed by atoms with E-state index < -0.39 is 11.7 Å². The van der Waals surface area contributed by atoms with Gasteiger partial charge in [-0.15, -0.1) is 0 Å². The first-order valence-electron chi connectivity index (χ1n) is 4.76. The average molecular weight is 258 g/mol. The van der Waals surface area contributed by atoms with Crippen LogP contribution in [0.5, 0.6) is 0 Å². The van der Waals surface area contributed by atoms with Gasteiger partial charge in [0.05, 0.1) is 11.3 Å². The molecule has 0 aliphatic heterocycles. The molecular weight excluding hydrogens is 251 g/mol. The van der Waals surface area contributed by atoms with Crippen LogP contribution < -0.4 is 0 Å². The molecule has 17 heavy (non-hydrogen) atoms. The van der Waals surface area contributed by atoms with E-state index in [4.69, 9.17) is 11.6 Å². The Hall–Kier alpha value is -1.55. The summed E-state index contributed by atoms with van der Waals surface area (Å²) in [6.45, 7) is 0. The van der Waals surface area contributed by atoms with Gasteiger partial charge in [-0.1, -0.05) is 23.7 Å². The quantitative estimate of drug-likeness (QED) is 0.737. The average Bonchev–Trinajstić information content (AvgIpc) is 2.29. The second kappa shape index (κ2) is 4.37. The van der Waals surface area contributed by atoms with Gasteiger partial charge in [0.25, 0.3) is 0 Å². The van der Waals surface area contributed by atoms with E-state index in [0.717, 1.165) is 6.07 Å². The molecule has 0 aliphatic rings. The standard InChI is InChI=1S/C12H7ClF3N/c13-9-5-3-8(4-6-9)11-10(12(14,15)16)2-1-7-17-11/h1-7H. The molecule has 0 aliphatic carbocycles. The summed E-state index contributed by atoms with van der Waals surface area (Å²) in [5.41, 5.74) is -0.443. The summed E-state index contributed by atoms with van der Waals surface area (Å²) in [5.74, 6) is 0. The van der Waals surface area contributed by atoms with Gasteiger partial charge in [-0.3, -0.25) is 4.98 Å². The second-order valence-corrected chi connectivity index (χ2v) is 3.84. The molecule has 0 atom stereocenters. The van der Waals surface area contributed by atoms with Gasteiger partial charge in [0.1, 0.15) is 0 Å². The molecule has 0 unspecified atom stereocenters. The summed E-state index contributed by atoms with van der Waals surface area (Å²) in [6.07, 6.45) is -3.08. The van der Waals surface area contributed by atoms with Crippen LogP contribution >= 0.6 is 11.6 Å². The Morgan fingerprint density at radius 3 is 2.24 bits per heavy atom. The van der Waals surface area contributed by atoms with E-state index in [9.17, 15) is 13.2 Å². The minimum atomic E-state index is -4.41. The summed E-state index contributed by atoms with van der Waals surface area (Å²) in [4.78, 5) is 3.78. The van der Waals surface area contributed by atoms with Crippen LogP contribution in [0.2, 0.25) is 5.02 Å². The minimum Gasteiger partial charge on any atom is -0.256 e. The van der Waals surface area contributed by atoms with E-state index in [-0.39, 0.29) is 5.69 Å². The molecule has 2 rings (SSSR count). The zero-order chi connectivity index (χ0) is 12.5. The molecule has 1 nitrogen and oxygen atoms in total. The minimum absolute atomic E-state index is 0.0864. The highest BCUT2D eigenvalue weighted by Crippen LogP contribution is 2.35. The van der Waals surface area contributed by atoms with Gasteiger partial charge in [-0.05, 0) is 24.3 Å². The molecule has 0 N–H and O–H groups in total. The van der Waals surface area contributed by atoms with Crippen LogP contribution in [-0.2, 0) is 6.18 Å². The van der Waals surface area contributed by atoms with Gasteiger partial charge in [0.15, 0.2) is 0 Å². The Labute approximate surface area is 101 Å². The summed E-state index contributed by atoms with van der Waals surface area (Å²) < 4.78 is 38.2. The summed E-state index contributed by atoms with van der Waals surface area (Å²) in [6, 6.07) is 8.37. The molecule has 1 aromatic carbocycles. The maximum atomic E-state index is 12.7. The van der Waals surface area contributed by atoms with Crippen LogP contribution in [-0.4, -0.2) is 4.98 Å². The number of rotatable bonds is 1. The highest BCUT2D eigenvalue weighted by atomic mass is 35.5. The lowest BCUT2D eigenvalue weighted by Gasteiger charge is -2.11. The molecule has 0 amide bonds.